The van der Waals surface area contributed by atoms with Crippen molar-refractivity contribution in [2.24, 2.45) is 0 Å². The average Bonchev–Trinajstić information content (AvgIpc) is 2.46. The number of nitrogen functional groups attached to an aromatic ring is 1. The van der Waals surface area contributed by atoms with Crippen LogP contribution in [-0.4, -0.2) is 11.5 Å². The Balaban J connectivity index is 2.11. The molecule has 0 aliphatic carbocycles. The van der Waals surface area contributed by atoms with Gasteiger partial charge >= 0.3 is 0 Å². The lowest BCUT2D eigenvalue weighted by atomic mass is 10.1. The molecule has 6 heteroatoms. The van der Waals surface area contributed by atoms with Crippen LogP contribution in [0.25, 0.3) is 0 Å². The maximum Gasteiger partial charge on any atom is 0.292 e. The van der Waals surface area contributed by atoms with E-state index in [0.717, 1.165) is 0 Å². The number of rotatable bonds is 6. The van der Waals surface area contributed by atoms with Crippen molar-refractivity contribution in [2.75, 3.05) is 12.3 Å². The monoisotopic (exact) mass is 288 g/mol. The van der Waals surface area contributed by atoms with E-state index >= 15 is 0 Å². The maximum absolute atomic E-state index is 10.8. The predicted molar refractivity (Wildman–Crippen MR) is 79.5 cm³/mol. The third kappa shape index (κ3) is 3.62. The zero-order chi connectivity index (χ0) is 15.2. The molecule has 0 fully saturated rings. The molecule has 0 saturated carbocycles. The number of hydrogen-bond acceptors (Lipinski definition) is 5. The summed E-state index contributed by atoms with van der Waals surface area (Å²) in [5, 5.41) is 10.8. The lowest BCUT2D eigenvalue weighted by Crippen LogP contribution is -2.03. The molecule has 0 heterocycles. The number of ether oxygens (including phenoxy) is 2. The van der Waals surface area contributed by atoms with E-state index < -0.39 is 4.92 Å². The van der Waals surface area contributed by atoms with Gasteiger partial charge in [0.2, 0.25) is 0 Å². The third-order valence-electron chi connectivity index (χ3n) is 2.88. The Morgan fingerprint density at radius 1 is 1.14 bits per heavy atom. The second-order valence-electron chi connectivity index (χ2n) is 4.30. The van der Waals surface area contributed by atoms with Gasteiger partial charge in [0, 0.05) is 17.7 Å². The fraction of sp³-hybridized carbons (Fsp3) is 0.200. The molecule has 0 aliphatic rings. The van der Waals surface area contributed by atoms with E-state index in [-0.39, 0.29) is 18.0 Å². The summed E-state index contributed by atoms with van der Waals surface area (Å²) in [6.07, 6.45) is 0. The molecule has 21 heavy (non-hydrogen) atoms. The number of benzene rings is 2. The summed E-state index contributed by atoms with van der Waals surface area (Å²) in [7, 11) is 0. The van der Waals surface area contributed by atoms with Crippen molar-refractivity contribution in [1.29, 1.82) is 0 Å². The first-order valence-corrected chi connectivity index (χ1v) is 6.49. The number of para-hydroxylation sites is 1. The summed E-state index contributed by atoms with van der Waals surface area (Å²) in [5.41, 5.74) is 6.37. The fourth-order valence-electron chi connectivity index (χ4n) is 1.87. The van der Waals surface area contributed by atoms with Gasteiger partial charge in [-0.15, -0.1) is 0 Å². The molecule has 2 N–H and O–H groups in total. The van der Waals surface area contributed by atoms with Crippen molar-refractivity contribution in [3.8, 4) is 11.5 Å². The topological polar surface area (TPSA) is 87.6 Å². The van der Waals surface area contributed by atoms with Gasteiger partial charge in [-0.1, -0.05) is 18.2 Å². The summed E-state index contributed by atoms with van der Waals surface area (Å²) >= 11 is 0. The van der Waals surface area contributed by atoms with Crippen molar-refractivity contribution < 1.29 is 14.4 Å². The van der Waals surface area contributed by atoms with Crippen molar-refractivity contribution in [3.63, 3.8) is 0 Å². The molecule has 0 aliphatic heterocycles. The highest BCUT2D eigenvalue weighted by Crippen LogP contribution is 2.26. The minimum atomic E-state index is -0.505. The van der Waals surface area contributed by atoms with E-state index in [1.165, 1.54) is 6.07 Å². The molecule has 0 amide bonds. The quantitative estimate of drug-likeness (QED) is 0.501. The first-order chi connectivity index (χ1) is 10.1. The first-order valence-electron chi connectivity index (χ1n) is 6.49. The molecule has 0 bridgehead atoms. The molecule has 6 nitrogen and oxygen atoms in total. The van der Waals surface area contributed by atoms with E-state index in [0.29, 0.717) is 23.7 Å². The van der Waals surface area contributed by atoms with Gasteiger partial charge in [0.05, 0.1) is 11.5 Å². The Labute approximate surface area is 122 Å². The van der Waals surface area contributed by atoms with E-state index in [4.69, 9.17) is 15.2 Å². The van der Waals surface area contributed by atoms with Crippen LogP contribution in [0.1, 0.15) is 12.5 Å². The van der Waals surface area contributed by atoms with Crippen LogP contribution in [0.5, 0.6) is 11.5 Å². The number of nitro groups is 1. The van der Waals surface area contributed by atoms with Gasteiger partial charge in [0.25, 0.3) is 5.69 Å². The zero-order valence-corrected chi connectivity index (χ0v) is 11.6. The van der Waals surface area contributed by atoms with E-state index in [9.17, 15) is 10.1 Å². The van der Waals surface area contributed by atoms with Crippen molar-refractivity contribution in [2.45, 2.75) is 13.5 Å². The molecule has 2 aromatic rings. The second-order valence-corrected chi connectivity index (χ2v) is 4.30. The largest absolute Gasteiger partial charge is 0.494 e. The lowest BCUT2D eigenvalue weighted by Gasteiger charge is -2.10. The summed E-state index contributed by atoms with van der Waals surface area (Å²) in [5.74, 6) is 1.33. The van der Waals surface area contributed by atoms with Crippen molar-refractivity contribution in [3.05, 3.63) is 58.1 Å². The first kappa shape index (κ1) is 14.6. The summed E-state index contributed by atoms with van der Waals surface area (Å²) < 4.78 is 11.0. The Morgan fingerprint density at radius 2 is 1.81 bits per heavy atom. The predicted octanol–water partition coefficient (Wildman–Crippen LogP) is 3.15. The number of hydrogen-bond donors (Lipinski definition) is 1. The fourth-order valence-corrected chi connectivity index (χ4v) is 1.87. The Morgan fingerprint density at radius 3 is 2.48 bits per heavy atom. The molecular formula is C15H16N2O4. The van der Waals surface area contributed by atoms with Crippen LogP contribution >= 0.6 is 0 Å². The Hall–Kier alpha value is -2.76. The van der Waals surface area contributed by atoms with Gasteiger partial charge in [-0.3, -0.25) is 10.1 Å². The molecule has 0 atom stereocenters. The van der Waals surface area contributed by atoms with Crippen molar-refractivity contribution >= 4 is 11.4 Å². The third-order valence-corrected chi connectivity index (χ3v) is 2.88. The number of nitrogens with two attached hydrogens (primary N) is 1. The normalized spacial score (nSPS) is 10.1. The number of nitrogens with zero attached hydrogens (tertiary/aromatic N) is 1. The van der Waals surface area contributed by atoms with Gasteiger partial charge in [-0.05, 0) is 19.1 Å². The minimum Gasteiger partial charge on any atom is -0.494 e. The van der Waals surface area contributed by atoms with Gasteiger partial charge in [0.15, 0.2) is 0 Å². The van der Waals surface area contributed by atoms with Crippen LogP contribution in [0.15, 0.2) is 42.5 Å². The average molecular weight is 288 g/mol. The molecule has 2 aromatic carbocycles. The smallest absolute Gasteiger partial charge is 0.292 e. The molecule has 2 rings (SSSR count). The highest BCUT2D eigenvalue weighted by molar-refractivity contribution is 5.62. The molecular weight excluding hydrogens is 272 g/mol. The Kier molecular flexibility index (Phi) is 4.61. The number of nitro benzene ring substituents is 1. The highest BCUT2D eigenvalue weighted by Gasteiger charge is 2.14. The lowest BCUT2D eigenvalue weighted by molar-refractivity contribution is -0.384. The van der Waals surface area contributed by atoms with Gasteiger partial charge in [-0.2, -0.15) is 0 Å². The molecule has 0 unspecified atom stereocenters. The van der Waals surface area contributed by atoms with Crippen molar-refractivity contribution in [1.82, 2.24) is 0 Å². The van der Waals surface area contributed by atoms with E-state index in [1.54, 1.807) is 24.3 Å². The minimum absolute atomic E-state index is 0.112. The van der Waals surface area contributed by atoms with E-state index in [2.05, 4.69) is 0 Å². The molecule has 0 saturated heterocycles. The van der Waals surface area contributed by atoms with Crippen LogP contribution < -0.4 is 15.2 Å². The van der Waals surface area contributed by atoms with Crippen LogP contribution in [0.4, 0.5) is 11.4 Å². The number of anilines is 1. The standard InChI is InChI=1S/C15H16N2O4/c1-2-20-12-6-4-7-13(9-12)21-10-11-5-3-8-14(15(11)16)17(18)19/h3-9H,2,10,16H2,1H3. The van der Waals surface area contributed by atoms with Crippen LogP contribution in [0.3, 0.4) is 0 Å². The molecule has 0 spiro atoms. The van der Waals surface area contributed by atoms with Crippen LogP contribution in [-0.2, 0) is 6.61 Å². The van der Waals surface area contributed by atoms with Gasteiger partial charge in [0.1, 0.15) is 23.8 Å². The van der Waals surface area contributed by atoms with Gasteiger partial charge < -0.3 is 15.2 Å². The maximum atomic E-state index is 10.8. The zero-order valence-electron chi connectivity index (χ0n) is 11.6. The highest BCUT2D eigenvalue weighted by atomic mass is 16.6. The molecule has 110 valence electrons. The summed E-state index contributed by atoms with van der Waals surface area (Å²) in [4.78, 5) is 10.3. The second kappa shape index (κ2) is 6.60. The SMILES string of the molecule is CCOc1cccc(OCc2cccc([N+](=O)[O-])c2N)c1. The van der Waals surface area contributed by atoms with Gasteiger partial charge in [-0.25, -0.2) is 0 Å². The van der Waals surface area contributed by atoms with Crippen LogP contribution in [0, 0.1) is 10.1 Å². The van der Waals surface area contributed by atoms with Crippen LogP contribution in [0.2, 0.25) is 0 Å². The molecule has 0 radical (unpaired) electrons. The van der Waals surface area contributed by atoms with E-state index in [1.807, 2.05) is 19.1 Å². The summed E-state index contributed by atoms with van der Waals surface area (Å²) in [6, 6.07) is 11.9. The summed E-state index contributed by atoms with van der Waals surface area (Å²) in [6.45, 7) is 2.63. The Bertz CT molecular complexity index is 643. The molecule has 0 aromatic heterocycles.